The Kier molecular flexibility index (Phi) is 4.81. The number of tetrazole rings is 1. The van der Waals surface area contributed by atoms with Crippen LogP contribution in [0.4, 0.5) is 5.69 Å². The number of hydrogen-bond acceptors (Lipinski definition) is 5. The van der Waals surface area contributed by atoms with Crippen molar-refractivity contribution in [1.29, 1.82) is 0 Å². The molecule has 0 aliphatic rings. The number of amides is 1. The number of ether oxygens (including phenoxy) is 1. The number of nitrogens with one attached hydrogen (secondary N) is 2. The lowest BCUT2D eigenvalue weighted by atomic mass is 9.97. The number of aromatic amines is 1. The number of methoxy groups -OCH3 is 1. The first kappa shape index (κ1) is 15.7. The Morgan fingerprint density at radius 1 is 1.17 bits per heavy atom. The van der Waals surface area contributed by atoms with Crippen molar-refractivity contribution in [2.75, 3.05) is 12.4 Å². The third kappa shape index (κ3) is 3.75. The van der Waals surface area contributed by atoms with Gasteiger partial charge in [0.2, 0.25) is 5.91 Å². The second kappa shape index (κ2) is 7.36. The lowest BCUT2D eigenvalue weighted by molar-refractivity contribution is -0.117. The van der Waals surface area contributed by atoms with E-state index >= 15 is 0 Å². The van der Waals surface area contributed by atoms with Crippen LogP contribution in [0.5, 0.6) is 5.75 Å². The van der Waals surface area contributed by atoms with E-state index in [1.165, 1.54) is 0 Å². The number of para-hydroxylation sites is 1. The van der Waals surface area contributed by atoms with E-state index < -0.39 is 5.92 Å². The third-order valence-electron chi connectivity index (χ3n) is 3.63. The fraction of sp³-hybridized carbons (Fsp3) is 0.176. The number of anilines is 1. The normalized spacial score (nSPS) is 11.7. The second-order valence-electron chi connectivity index (χ2n) is 5.23. The Labute approximate surface area is 139 Å². The maximum absolute atomic E-state index is 12.7. The monoisotopic (exact) mass is 323 g/mol. The maximum atomic E-state index is 12.7. The van der Waals surface area contributed by atoms with Gasteiger partial charge in [-0.05, 0) is 36.2 Å². The number of carbonyl (C=O) groups is 1. The van der Waals surface area contributed by atoms with Gasteiger partial charge < -0.3 is 10.1 Å². The predicted octanol–water partition coefficient (Wildman–Crippen LogP) is 2.17. The molecular formula is C17H17N5O2. The Morgan fingerprint density at radius 3 is 2.54 bits per heavy atom. The van der Waals surface area contributed by atoms with Gasteiger partial charge in [0.05, 0.1) is 7.11 Å². The molecule has 7 nitrogen and oxygen atoms in total. The van der Waals surface area contributed by atoms with Crippen LogP contribution in [-0.4, -0.2) is 33.6 Å². The number of nitrogens with zero attached hydrogens (tertiary/aromatic N) is 3. The van der Waals surface area contributed by atoms with E-state index in [1.54, 1.807) is 7.11 Å². The molecule has 0 unspecified atom stereocenters. The SMILES string of the molecule is COc1ccc(C[C@@H](C(=O)Nc2ccccc2)c2nn[nH]n2)cc1. The summed E-state index contributed by atoms with van der Waals surface area (Å²) in [4.78, 5) is 12.7. The summed E-state index contributed by atoms with van der Waals surface area (Å²) in [6.45, 7) is 0. The minimum atomic E-state index is -0.544. The van der Waals surface area contributed by atoms with Gasteiger partial charge in [0.1, 0.15) is 11.7 Å². The minimum absolute atomic E-state index is 0.182. The summed E-state index contributed by atoms with van der Waals surface area (Å²) < 4.78 is 5.15. The minimum Gasteiger partial charge on any atom is -0.497 e. The Morgan fingerprint density at radius 2 is 1.92 bits per heavy atom. The molecular weight excluding hydrogens is 306 g/mol. The average Bonchev–Trinajstić information content (AvgIpc) is 3.15. The molecule has 7 heteroatoms. The highest BCUT2D eigenvalue weighted by Crippen LogP contribution is 2.21. The van der Waals surface area contributed by atoms with E-state index in [-0.39, 0.29) is 5.91 Å². The smallest absolute Gasteiger partial charge is 0.235 e. The Balaban J connectivity index is 1.79. The molecule has 0 aliphatic heterocycles. The number of rotatable bonds is 6. The van der Waals surface area contributed by atoms with Gasteiger partial charge in [-0.1, -0.05) is 35.5 Å². The van der Waals surface area contributed by atoms with Crippen molar-refractivity contribution in [3.63, 3.8) is 0 Å². The fourth-order valence-corrected chi connectivity index (χ4v) is 2.37. The summed E-state index contributed by atoms with van der Waals surface area (Å²) in [5.74, 6) is 0.401. The Bertz CT molecular complexity index is 773. The number of hydrogen-bond donors (Lipinski definition) is 2. The highest BCUT2D eigenvalue weighted by Gasteiger charge is 2.25. The van der Waals surface area contributed by atoms with Gasteiger partial charge in [-0.3, -0.25) is 4.79 Å². The van der Waals surface area contributed by atoms with Crippen LogP contribution in [0.15, 0.2) is 54.6 Å². The summed E-state index contributed by atoms with van der Waals surface area (Å²) >= 11 is 0. The molecule has 0 bridgehead atoms. The van der Waals surface area contributed by atoms with Gasteiger partial charge in [0.25, 0.3) is 0 Å². The maximum Gasteiger partial charge on any atom is 0.235 e. The van der Waals surface area contributed by atoms with Crippen molar-refractivity contribution in [2.45, 2.75) is 12.3 Å². The fourth-order valence-electron chi connectivity index (χ4n) is 2.37. The molecule has 2 N–H and O–H groups in total. The van der Waals surface area contributed by atoms with Crippen molar-refractivity contribution in [1.82, 2.24) is 20.6 Å². The molecule has 122 valence electrons. The molecule has 0 saturated carbocycles. The molecule has 1 amide bonds. The van der Waals surface area contributed by atoms with Gasteiger partial charge in [0, 0.05) is 5.69 Å². The first-order valence-electron chi connectivity index (χ1n) is 7.48. The van der Waals surface area contributed by atoms with Crippen molar-refractivity contribution >= 4 is 11.6 Å². The van der Waals surface area contributed by atoms with Crippen molar-refractivity contribution in [3.8, 4) is 5.75 Å². The van der Waals surface area contributed by atoms with Crippen molar-refractivity contribution in [2.24, 2.45) is 0 Å². The zero-order valence-electron chi connectivity index (χ0n) is 13.1. The van der Waals surface area contributed by atoms with Gasteiger partial charge >= 0.3 is 0 Å². The highest BCUT2D eigenvalue weighted by molar-refractivity contribution is 5.95. The molecule has 0 radical (unpaired) electrons. The van der Waals surface area contributed by atoms with E-state index in [1.807, 2.05) is 54.6 Å². The van der Waals surface area contributed by atoms with Crippen LogP contribution >= 0.6 is 0 Å². The molecule has 0 saturated heterocycles. The largest absolute Gasteiger partial charge is 0.497 e. The molecule has 1 atom stereocenters. The van der Waals surface area contributed by atoms with E-state index in [2.05, 4.69) is 25.9 Å². The van der Waals surface area contributed by atoms with Crippen LogP contribution in [0.3, 0.4) is 0 Å². The molecule has 2 aromatic carbocycles. The summed E-state index contributed by atoms with van der Waals surface area (Å²) in [5, 5.41) is 16.8. The van der Waals surface area contributed by atoms with E-state index in [0.29, 0.717) is 12.2 Å². The molecule has 3 aromatic rings. The van der Waals surface area contributed by atoms with Crippen LogP contribution in [0, 0.1) is 0 Å². The number of carbonyl (C=O) groups excluding carboxylic acids is 1. The average molecular weight is 323 g/mol. The van der Waals surface area contributed by atoms with Gasteiger partial charge in [-0.15, -0.1) is 10.2 Å². The quantitative estimate of drug-likeness (QED) is 0.725. The summed E-state index contributed by atoms with van der Waals surface area (Å²) in [6, 6.07) is 16.8. The molecule has 0 fully saturated rings. The number of benzene rings is 2. The van der Waals surface area contributed by atoms with E-state index in [0.717, 1.165) is 17.0 Å². The highest BCUT2D eigenvalue weighted by atomic mass is 16.5. The van der Waals surface area contributed by atoms with Crippen LogP contribution < -0.4 is 10.1 Å². The van der Waals surface area contributed by atoms with Crippen LogP contribution in [0.2, 0.25) is 0 Å². The second-order valence-corrected chi connectivity index (χ2v) is 5.23. The Hall–Kier alpha value is -3.22. The summed E-state index contributed by atoms with van der Waals surface area (Å²) in [5.41, 5.74) is 1.71. The van der Waals surface area contributed by atoms with Gasteiger partial charge in [-0.25, -0.2) is 0 Å². The summed E-state index contributed by atoms with van der Waals surface area (Å²) in [7, 11) is 1.62. The zero-order chi connectivity index (χ0) is 16.8. The van der Waals surface area contributed by atoms with Crippen LogP contribution in [0.25, 0.3) is 0 Å². The van der Waals surface area contributed by atoms with Gasteiger partial charge in [0.15, 0.2) is 5.82 Å². The lowest BCUT2D eigenvalue weighted by Crippen LogP contribution is -2.24. The third-order valence-corrected chi connectivity index (χ3v) is 3.63. The summed E-state index contributed by atoms with van der Waals surface area (Å²) in [6.07, 6.45) is 0.461. The molecule has 0 aliphatic carbocycles. The molecule has 3 rings (SSSR count). The molecule has 1 heterocycles. The lowest BCUT2D eigenvalue weighted by Gasteiger charge is -2.14. The predicted molar refractivity (Wildman–Crippen MR) is 88.7 cm³/mol. The first-order valence-corrected chi connectivity index (χ1v) is 7.48. The molecule has 24 heavy (non-hydrogen) atoms. The zero-order valence-corrected chi connectivity index (χ0v) is 13.1. The van der Waals surface area contributed by atoms with Crippen molar-refractivity contribution in [3.05, 3.63) is 66.0 Å². The number of aromatic nitrogens is 4. The van der Waals surface area contributed by atoms with Crippen molar-refractivity contribution < 1.29 is 9.53 Å². The topological polar surface area (TPSA) is 92.8 Å². The van der Waals surface area contributed by atoms with E-state index in [9.17, 15) is 4.79 Å². The number of H-pyrrole nitrogens is 1. The van der Waals surface area contributed by atoms with Gasteiger partial charge in [-0.2, -0.15) is 5.21 Å². The molecule has 1 aromatic heterocycles. The first-order chi connectivity index (χ1) is 11.8. The van der Waals surface area contributed by atoms with Crippen LogP contribution in [0.1, 0.15) is 17.3 Å². The van der Waals surface area contributed by atoms with E-state index in [4.69, 9.17) is 4.74 Å². The standard InChI is InChI=1S/C17H17N5O2/c1-24-14-9-7-12(8-10-14)11-15(16-19-21-22-20-16)17(23)18-13-5-3-2-4-6-13/h2-10,15H,11H2,1H3,(H,18,23)(H,19,20,21,22)/t15-/m1/s1. The molecule has 0 spiro atoms. The van der Waals surface area contributed by atoms with Crippen LogP contribution in [-0.2, 0) is 11.2 Å².